The molecule has 56 heavy (non-hydrogen) atoms. The molecule has 0 amide bonds. The first-order valence-electron chi connectivity index (χ1n) is 18.6. The molecule has 11 rings (SSSR count). The maximum atomic E-state index is 13.3. The molecule has 0 spiro atoms. The van der Waals surface area contributed by atoms with Gasteiger partial charge in [-0.2, -0.15) is 0 Å². The van der Waals surface area contributed by atoms with E-state index in [4.69, 9.17) is 4.74 Å². The molecule has 3 aromatic heterocycles. The molecule has 0 radical (unpaired) electrons. The van der Waals surface area contributed by atoms with Crippen molar-refractivity contribution in [1.82, 2.24) is 4.57 Å². The van der Waals surface area contributed by atoms with Gasteiger partial charge in [0.15, 0.2) is 0 Å². The van der Waals surface area contributed by atoms with Gasteiger partial charge in [0.2, 0.25) is 0 Å². The number of nitrogens with zero attached hydrogens (tertiary/aromatic N) is 1. The largest absolute Gasteiger partial charge is 0.422 e. The fraction of sp³-hybridized carbons (Fsp3) is 0. The zero-order valence-corrected chi connectivity index (χ0v) is 31.7. The van der Waals surface area contributed by atoms with Gasteiger partial charge in [-0.05, 0) is 65.2 Å². The topological polar surface area (TPSA) is 31.2 Å². The third-order valence-corrected chi connectivity index (χ3v) is 13.3. The van der Waals surface area contributed by atoms with Crippen LogP contribution >= 0.6 is 22.7 Å². The number of carbonyl (C=O) groups is 1. The second kappa shape index (κ2) is 12.9. The molecule has 3 heterocycles. The Balaban J connectivity index is 1.19. The number of benzene rings is 8. The van der Waals surface area contributed by atoms with Crippen molar-refractivity contribution in [1.29, 1.82) is 0 Å². The first-order valence-corrected chi connectivity index (χ1v) is 20.2. The van der Waals surface area contributed by atoms with Crippen LogP contribution in [-0.4, -0.2) is 10.5 Å². The zero-order valence-electron chi connectivity index (χ0n) is 30.0. The highest BCUT2D eigenvalue weighted by Crippen LogP contribution is 2.49. The molecule has 0 bridgehead atoms. The van der Waals surface area contributed by atoms with Crippen molar-refractivity contribution in [3.05, 3.63) is 183 Å². The van der Waals surface area contributed by atoms with E-state index in [0.717, 1.165) is 54.8 Å². The van der Waals surface area contributed by atoms with Crippen molar-refractivity contribution in [3.63, 3.8) is 0 Å². The summed E-state index contributed by atoms with van der Waals surface area (Å²) in [6, 6.07) is 60.3. The molecule has 0 unspecified atom stereocenters. The van der Waals surface area contributed by atoms with Crippen LogP contribution < -0.4 is 4.74 Å². The molecule has 0 aliphatic heterocycles. The van der Waals surface area contributed by atoms with Gasteiger partial charge < -0.3 is 9.30 Å². The molecule has 0 saturated heterocycles. The van der Waals surface area contributed by atoms with Crippen LogP contribution in [0.4, 0.5) is 0 Å². The Morgan fingerprint density at radius 1 is 0.482 bits per heavy atom. The molecule has 0 aliphatic rings. The summed E-state index contributed by atoms with van der Waals surface area (Å²) in [4.78, 5) is 13.3. The summed E-state index contributed by atoms with van der Waals surface area (Å²) >= 11 is 3.58. The van der Waals surface area contributed by atoms with E-state index in [0.29, 0.717) is 5.75 Å². The van der Waals surface area contributed by atoms with Gasteiger partial charge in [0, 0.05) is 79.6 Å². The van der Waals surface area contributed by atoms with Crippen LogP contribution in [0.25, 0.3) is 101 Å². The molecule has 11 aromatic rings. The minimum atomic E-state index is -0.503. The predicted molar refractivity (Wildman–Crippen MR) is 239 cm³/mol. The van der Waals surface area contributed by atoms with Crippen LogP contribution in [0.15, 0.2) is 183 Å². The highest BCUT2D eigenvalue weighted by Gasteiger charge is 2.23. The molecular weight excluding hydrogens is 723 g/mol. The maximum Gasteiger partial charge on any atom is 0.335 e. The van der Waals surface area contributed by atoms with E-state index in [1.54, 1.807) is 11.3 Å². The summed E-state index contributed by atoms with van der Waals surface area (Å²) in [5.74, 6) is 0.00834. The summed E-state index contributed by atoms with van der Waals surface area (Å²) in [5.41, 5.74) is 9.19. The Morgan fingerprint density at radius 3 is 1.59 bits per heavy atom. The van der Waals surface area contributed by atoms with Crippen LogP contribution in [0.3, 0.4) is 0 Å². The van der Waals surface area contributed by atoms with Crippen molar-refractivity contribution >= 4 is 90.8 Å². The summed E-state index contributed by atoms with van der Waals surface area (Å²) in [6.45, 7) is 3.78. The van der Waals surface area contributed by atoms with E-state index in [-0.39, 0.29) is 0 Å². The van der Waals surface area contributed by atoms with Crippen LogP contribution in [0, 0.1) is 0 Å². The Bertz CT molecular complexity index is 3330. The van der Waals surface area contributed by atoms with Crippen LogP contribution in [0.1, 0.15) is 0 Å². The summed E-state index contributed by atoms with van der Waals surface area (Å²) < 4.78 is 13.5. The van der Waals surface area contributed by atoms with Crippen molar-refractivity contribution in [2.75, 3.05) is 0 Å². The molecular formula is C51H31NO2S2. The number of thiophene rings is 2. The van der Waals surface area contributed by atoms with Gasteiger partial charge in [0.05, 0.1) is 11.0 Å². The molecule has 8 aromatic carbocycles. The van der Waals surface area contributed by atoms with Crippen molar-refractivity contribution in [2.24, 2.45) is 0 Å². The van der Waals surface area contributed by atoms with Gasteiger partial charge in [-0.25, -0.2) is 4.79 Å². The smallest absolute Gasteiger partial charge is 0.335 e. The Morgan fingerprint density at radius 2 is 0.982 bits per heavy atom. The Hall–Kier alpha value is -6.79. The van der Waals surface area contributed by atoms with Crippen LogP contribution in [0.5, 0.6) is 5.75 Å². The van der Waals surface area contributed by atoms with Gasteiger partial charge in [-0.1, -0.05) is 128 Å². The van der Waals surface area contributed by atoms with Gasteiger partial charge in [-0.15, -0.1) is 22.7 Å². The lowest BCUT2D eigenvalue weighted by atomic mass is 9.91. The first kappa shape index (κ1) is 32.6. The molecule has 264 valence electrons. The number of hydrogen-bond acceptors (Lipinski definition) is 4. The molecule has 3 nitrogen and oxygen atoms in total. The van der Waals surface area contributed by atoms with E-state index >= 15 is 0 Å². The number of fused-ring (bicyclic) bond motifs is 9. The molecule has 5 heteroatoms. The molecule has 0 atom stereocenters. The number of aromatic nitrogens is 1. The number of hydrogen-bond donors (Lipinski definition) is 0. The van der Waals surface area contributed by atoms with Crippen molar-refractivity contribution in [2.45, 2.75) is 0 Å². The Kier molecular flexibility index (Phi) is 7.52. The predicted octanol–water partition coefficient (Wildman–Crippen LogP) is 14.6. The van der Waals surface area contributed by atoms with Crippen molar-refractivity contribution in [3.8, 4) is 44.8 Å². The lowest BCUT2D eigenvalue weighted by Gasteiger charge is -2.19. The minimum Gasteiger partial charge on any atom is -0.422 e. The third-order valence-electron chi connectivity index (χ3n) is 10.9. The molecule has 0 fully saturated rings. The standard InChI is InChI=1S/C51H31NO2S2/c1-2-48(53)54-49-42(31-25-27-33(28-26-31)52-44-21-7-3-13-35(44)36-14-4-8-22-45(36)52)29-32(34-17-11-18-39-37-15-5-9-23-46(37)55-50(34)39)30-43(49)41-20-12-19-40-38-16-6-10-24-47(38)56-51(40)41/h2-30H,1H2. The van der Waals surface area contributed by atoms with Crippen molar-refractivity contribution < 1.29 is 9.53 Å². The normalized spacial score (nSPS) is 11.7. The monoisotopic (exact) mass is 753 g/mol. The molecule has 0 N–H and O–H groups in total. The van der Waals surface area contributed by atoms with Crippen LogP contribution in [-0.2, 0) is 4.79 Å². The Labute approximate surface area is 330 Å². The number of ether oxygens (including phenoxy) is 1. The average Bonchev–Trinajstić information content (AvgIpc) is 3.94. The lowest BCUT2D eigenvalue weighted by molar-refractivity contribution is -0.128. The van der Waals surface area contributed by atoms with E-state index < -0.39 is 5.97 Å². The van der Waals surface area contributed by atoms with Gasteiger partial charge in [-0.3, -0.25) is 0 Å². The maximum absolute atomic E-state index is 13.3. The second-order valence-corrected chi connectivity index (χ2v) is 16.1. The second-order valence-electron chi connectivity index (χ2n) is 14.0. The highest BCUT2D eigenvalue weighted by molar-refractivity contribution is 7.26. The van der Waals surface area contributed by atoms with Gasteiger partial charge in [0.1, 0.15) is 5.75 Å². The number of esters is 1. The summed E-state index contributed by atoms with van der Waals surface area (Å²) in [6.07, 6.45) is 1.24. The highest BCUT2D eigenvalue weighted by atomic mass is 32.1. The molecule has 0 saturated carbocycles. The number of para-hydroxylation sites is 2. The quantitative estimate of drug-likeness (QED) is 0.0962. The third kappa shape index (κ3) is 5.06. The first-order chi connectivity index (χ1) is 27.6. The van der Waals surface area contributed by atoms with E-state index in [1.807, 2.05) is 11.3 Å². The minimum absolute atomic E-state index is 0.503. The van der Waals surface area contributed by atoms with Gasteiger partial charge >= 0.3 is 5.97 Å². The SMILES string of the molecule is C=CC(=O)Oc1c(-c2ccc(-n3c4ccccc4c4ccccc43)cc2)cc(-c2cccc3c2sc2ccccc23)cc1-c1cccc2c1sc1ccccc12. The van der Waals surface area contributed by atoms with E-state index in [1.165, 1.54) is 52.5 Å². The zero-order chi connectivity index (χ0) is 37.3. The summed E-state index contributed by atoms with van der Waals surface area (Å²) in [5, 5.41) is 7.31. The molecule has 0 aliphatic carbocycles. The van der Waals surface area contributed by atoms with E-state index in [9.17, 15) is 4.79 Å². The van der Waals surface area contributed by atoms with E-state index in [2.05, 4.69) is 181 Å². The van der Waals surface area contributed by atoms with Gasteiger partial charge in [0.25, 0.3) is 0 Å². The fourth-order valence-corrected chi connectivity index (χ4v) is 10.8. The summed E-state index contributed by atoms with van der Waals surface area (Å²) in [7, 11) is 0. The fourth-order valence-electron chi connectivity index (χ4n) is 8.38. The van der Waals surface area contributed by atoms with Crippen LogP contribution in [0.2, 0.25) is 0 Å². The average molecular weight is 754 g/mol. The lowest BCUT2D eigenvalue weighted by Crippen LogP contribution is -2.06. The number of rotatable bonds is 6. The number of carbonyl (C=O) groups excluding carboxylic acids is 1.